The van der Waals surface area contributed by atoms with Crippen LogP contribution in [0.1, 0.15) is 61.0 Å². The molecule has 1 heterocycles. The summed E-state index contributed by atoms with van der Waals surface area (Å²) in [6.07, 6.45) is 8.38. The van der Waals surface area contributed by atoms with Gasteiger partial charge in [-0.15, -0.1) is 11.8 Å². The molecule has 0 atom stereocenters. The summed E-state index contributed by atoms with van der Waals surface area (Å²) in [4.78, 5) is 29.5. The summed E-state index contributed by atoms with van der Waals surface area (Å²) >= 11 is 1.43. The lowest BCUT2D eigenvalue weighted by Crippen LogP contribution is -2.36. The average Bonchev–Trinajstić information content (AvgIpc) is 3.21. The molecule has 168 valence electrons. The summed E-state index contributed by atoms with van der Waals surface area (Å²) in [6.45, 7) is 0.425. The molecule has 2 aromatic carbocycles. The predicted octanol–water partition coefficient (Wildman–Crippen LogP) is 5.42. The van der Waals surface area contributed by atoms with Crippen LogP contribution in [0.25, 0.3) is 10.9 Å². The van der Waals surface area contributed by atoms with Gasteiger partial charge >= 0.3 is 0 Å². The van der Waals surface area contributed by atoms with Gasteiger partial charge in [0.2, 0.25) is 5.91 Å². The highest BCUT2D eigenvalue weighted by atomic mass is 32.2. The van der Waals surface area contributed by atoms with Crippen LogP contribution in [0.5, 0.6) is 0 Å². The van der Waals surface area contributed by atoms with Crippen molar-refractivity contribution in [3.63, 3.8) is 0 Å². The zero-order chi connectivity index (χ0) is 22.2. The smallest absolute Gasteiger partial charge is 0.252 e. The Morgan fingerprint density at radius 3 is 2.47 bits per heavy atom. The van der Waals surface area contributed by atoms with Gasteiger partial charge in [0, 0.05) is 22.1 Å². The third-order valence-electron chi connectivity index (χ3n) is 5.99. The monoisotopic (exact) mass is 449 g/mol. The number of amides is 2. The molecular formula is C26H31N3O2S. The van der Waals surface area contributed by atoms with Crippen molar-refractivity contribution in [3.8, 4) is 0 Å². The number of nitrogens with one attached hydrogen (secondary N) is 3. The van der Waals surface area contributed by atoms with Gasteiger partial charge in [0.15, 0.2) is 0 Å². The van der Waals surface area contributed by atoms with Crippen molar-refractivity contribution in [2.45, 2.75) is 62.4 Å². The number of carbonyl (C=O) groups excluding carboxylic acids is 2. The molecule has 4 rings (SSSR count). The number of para-hydroxylation sites is 1. The van der Waals surface area contributed by atoms with Gasteiger partial charge < -0.3 is 15.6 Å². The Labute approximate surface area is 193 Å². The summed E-state index contributed by atoms with van der Waals surface area (Å²) in [5.74, 6) is 0.240. The Morgan fingerprint density at radius 1 is 0.938 bits per heavy atom. The molecule has 3 N–H and O–H groups in total. The standard InChI is InChI=1S/C26H31N3O2S/c30-25(29-20-11-4-2-1-3-5-12-20)18-32-24-15-9-7-13-22(24)26(31)27-17-21-16-19-10-6-8-14-23(19)28-21/h6-10,13-16,20,28H,1-5,11-12,17-18H2,(H,27,31)(H,29,30). The Bertz CT molecular complexity index is 1020. The van der Waals surface area contributed by atoms with Crippen molar-refractivity contribution in [2.75, 3.05) is 5.75 Å². The molecule has 5 nitrogen and oxygen atoms in total. The van der Waals surface area contributed by atoms with Gasteiger partial charge in [-0.1, -0.05) is 62.4 Å². The van der Waals surface area contributed by atoms with Gasteiger partial charge in [-0.2, -0.15) is 0 Å². The maximum atomic E-state index is 12.8. The van der Waals surface area contributed by atoms with E-state index < -0.39 is 0 Å². The molecule has 1 aromatic heterocycles. The first-order valence-electron chi connectivity index (χ1n) is 11.5. The molecule has 0 saturated heterocycles. The van der Waals surface area contributed by atoms with Gasteiger partial charge in [-0.3, -0.25) is 9.59 Å². The van der Waals surface area contributed by atoms with Crippen molar-refractivity contribution in [2.24, 2.45) is 0 Å². The second-order valence-corrected chi connectivity index (χ2v) is 9.48. The average molecular weight is 450 g/mol. The van der Waals surface area contributed by atoms with E-state index in [9.17, 15) is 9.59 Å². The second kappa shape index (κ2) is 11.2. The molecule has 0 spiro atoms. The second-order valence-electron chi connectivity index (χ2n) is 8.46. The maximum absolute atomic E-state index is 12.8. The van der Waals surface area contributed by atoms with E-state index in [-0.39, 0.29) is 11.8 Å². The number of hydrogen-bond donors (Lipinski definition) is 3. The van der Waals surface area contributed by atoms with E-state index in [1.807, 2.05) is 48.5 Å². The van der Waals surface area contributed by atoms with E-state index in [1.165, 1.54) is 43.9 Å². The van der Waals surface area contributed by atoms with Gasteiger partial charge in [-0.25, -0.2) is 0 Å². The molecule has 0 unspecified atom stereocenters. The number of aromatic nitrogens is 1. The molecule has 32 heavy (non-hydrogen) atoms. The van der Waals surface area contributed by atoms with Crippen LogP contribution in [0.4, 0.5) is 0 Å². The number of carbonyl (C=O) groups is 2. The van der Waals surface area contributed by atoms with E-state index >= 15 is 0 Å². The van der Waals surface area contributed by atoms with Crippen LogP contribution >= 0.6 is 11.8 Å². The fourth-order valence-corrected chi connectivity index (χ4v) is 5.15. The summed E-state index contributed by atoms with van der Waals surface area (Å²) in [5, 5.41) is 7.33. The third-order valence-corrected chi connectivity index (χ3v) is 7.06. The third kappa shape index (κ3) is 6.16. The van der Waals surface area contributed by atoms with Crippen molar-refractivity contribution in [3.05, 3.63) is 65.9 Å². The SMILES string of the molecule is O=C(CSc1ccccc1C(=O)NCc1cc2ccccc2[nH]1)NC1CCCCCCC1. The van der Waals surface area contributed by atoms with Crippen LogP contribution in [-0.4, -0.2) is 28.6 Å². The van der Waals surface area contributed by atoms with Crippen molar-refractivity contribution in [1.29, 1.82) is 0 Å². The van der Waals surface area contributed by atoms with Gasteiger partial charge in [0.1, 0.15) is 0 Å². The fraction of sp³-hybridized carbons (Fsp3) is 0.385. The summed E-state index contributed by atoms with van der Waals surface area (Å²) in [7, 11) is 0. The van der Waals surface area contributed by atoms with E-state index in [4.69, 9.17) is 0 Å². The predicted molar refractivity (Wildman–Crippen MR) is 131 cm³/mol. The quantitative estimate of drug-likeness (QED) is 0.422. The van der Waals surface area contributed by atoms with Crippen LogP contribution in [0.3, 0.4) is 0 Å². The molecule has 0 bridgehead atoms. The Morgan fingerprint density at radius 2 is 1.66 bits per heavy atom. The molecule has 1 aliphatic carbocycles. The minimum Gasteiger partial charge on any atom is -0.357 e. The molecule has 1 aliphatic rings. The summed E-state index contributed by atoms with van der Waals surface area (Å²) < 4.78 is 0. The molecule has 6 heteroatoms. The lowest BCUT2D eigenvalue weighted by atomic mass is 9.97. The molecule has 1 fully saturated rings. The summed E-state index contributed by atoms with van der Waals surface area (Å²) in [5.41, 5.74) is 2.62. The number of rotatable bonds is 7. The first-order chi connectivity index (χ1) is 15.7. The number of aromatic amines is 1. The highest BCUT2D eigenvalue weighted by molar-refractivity contribution is 8.00. The Hall–Kier alpha value is -2.73. The topological polar surface area (TPSA) is 74.0 Å². The normalized spacial score (nSPS) is 15.1. The molecule has 1 saturated carbocycles. The first kappa shape index (κ1) is 22.5. The number of hydrogen-bond acceptors (Lipinski definition) is 3. The lowest BCUT2D eigenvalue weighted by Gasteiger charge is -2.21. The maximum Gasteiger partial charge on any atom is 0.252 e. The molecular weight excluding hydrogens is 418 g/mol. The van der Waals surface area contributed by atoms with Crippen molar-refractivity contribution in [1.82, 2.24) is 15.6 Å². The van der Waals surface area contributed by atoms with Crippen LogP contribution in [-0.2, 0) is 11.3 Å². The number of thioether (sulfide) groups is 1. The molecule has 2 amide bonds. The number of benzene rings is 2. The zero-order valence-electron chi connectivity index (χ0n) is 18.4. The fourth-order valence-electron chi connectivity index (χ4n) is 4.29. The van der Waals surface area contributed by atoms with Crippen LogP contribution in [0.15, 0.2) is 59.5 Å². The van der Waals surface area contributed by atoms with E-state index in [0.29, 0.717) is 23.9 Å². The van der Waals surface area contributed by atoms with Gasteiger partial charge in [-0.05, 0) is 42.5 Å². The van der Waals surface area contributed by atoms with Crippen LogP contribution in [0.2, 0.25) is 0 Å². The van der Waals surface area contributed by atoms with Crippen LogP contribution in [0, 0.1) is 0 Å². The van der Waals surface area contributed by atoms with Crippen molar-refractivity contribution < 1.29 is 9.59 Å². The highest BCUT2D eigenvalue weighted by Gasteiger charge is 2.16. The minimum atomic E-state index is -0.132. The van der Waals surface area contributed by atoms with E-state index in [0.717, 1.165) is 34.3 Å². The zero-order valence-corrected chi connectivity index (χ0v) is 19.2. The van der Waals surface area contributed by atoms with Gasteiger partial charge in [0.05, 0.1) is 17.9 Å². The minimum absolute atomic E-state index is 0.0499. The van der Waals surface area contributed by atoms with E-state index in [1.54, 1.807) is 0 Å². The largest absolute Gasteiger partial charge is 0.357 e. The van der Waals surface area contributed by atoms with Crippen LogP contribution < -0.4 is 10.6 Å². The highest BCUT2D eigenvalue weighted by Crippen LogP contribution is 2.23. The molecule has 0 radical (unpaired) electrons. The lowest BCUT2D eigenvalue weighted by molar-refractivity contribution is -0.119. The Kier molecular flexibility index (Phi) is 7.88. The Balaban J connectivity index is 1.31. The summed E-state index contributed by atoms with van der Waals surface area (Å²) in [6, 6.07) is 17.9. The number of H-pyrrole nitrogens is 1. The molecule has 3 aromatic rings. The first-order valence-corrected chi connectivity index (χ1v) is 12.5. The van der Waals surface area contributed by atoms with E-state index in [2.05, 4.69) is 21.7 Å². The van der Waals surface area contributed by atoms with Crippen molar-refractivity contribution >= 4 is 34.5 Å². The van der Waals surface area contributed by atoms with Gasteiger partial charge in [0.25, 0.3) is 5.91 Å². The number of fused-ring (bicyclic) bond motifs is 1. The molecule has 0 aliphatic heterocycles.